The van der Waals surface area contributed by atoms with Crippen molar-refractivity contribution in [2.24, 2.45) is 0 Å². The Labute approximate surface area is 157 Å². The summed E-state index contributed by atoms with van der Waals surface area (Å²) in [5, 5.41) is 13.6. The number of nitrogens with one attached hydrogen (secondary N) is 1. The molecule has 0 aliphatic carbocycles. The first-order valence-corrected chi connectivity index (χ1v) is 8.66. The number of rotatable bonds is 6. The van der Waals surface area contributed by atoms with Crippen molar-refractivity contribution in [2.45, 2.75) is 19.9 Å². The minimum absolute atomic E-state index is 0.137. The number of hydrogen-bond donors (Lipinski definition) is 1. The molecule has 1 aliphatic rings. The van der Waals surface area contributed by atoms with E-state index in [1.807, 2.05) is 4.90 Å². The summed E-state index contributed by atoms with van der Waals surface area (Å²) < 4.78 is 10.1. The minimum atomic E-state index is -0.535. The molecule has 10 nitrogen and oxygen atoms in total. The maximum atomic E-state index is 12.6. The van der Waals surface area contributed by atoms with Gasteiger partial charge in [-0.2, -0.15) is 0 Å². The summed E-state index contributed by atoms with van der Waals surface area (Å²) in [5.74, 6) is 0.0339. The zero-order valence-corrected chi connectivity index (χ0v) is 15.6. The summed E-state index contributed by atoms with van der Waals surface area (Å²) in [4.78, 5) is 38.3. The molecule has 0 unspecified atom stereocenters. The van der Waals surface area contributed by atoms with Gasteiger partial charge in [-0.15, -0.1) is 0 Å². The van der Waals surface area contributed by atoms with Crippen LogP contribution in [-0.2, 0) is 9.53 Å². The third-order valence-corrected chi connectivity index (χ3v) is 4.42. The molecule has 1 atom stereocenters. The van der Waals surface area contributed by atoms with Crippen LogP contribution in [0.1, 0.15) is 13.8 Å². The number of methoxy groups -OCH3 is 1. The summed E-state index contributed by atoms with van der Waals surface area (Å²) in [6.07, 6.45) is -0.351. The summed E-state index contributed by atoms with van der Waals surface area (Å²) in [6.45, 7) is 5.82. The zero-order chi connectivity index (χ0) is 20.0. The van der Waals surface area contributed by atoms with Crippen LogP contribution < -0.4 is 10.1 Å². The fourth-order valence-electron chi connectivity index (χ4n) is 2.82. The molecule has 0 radical (unpaired) electrons. The minimum Gasteiger partial charge on any atom is -0.495 e. The quantitative estimate of drug-likeness (QED) is 0.590. The van der Waals surface area contributed by atoms with E-state index < -0.39 is 11.0 Å². The second kappa shape index (κ2) is 9.17. The number of amides is 2. The number of hydrogen-bond acceptors (Lipinski definition) is 7. The first kappa shape index (κ1) is 20.4. The summed E-state index contributed by atoms with van der Waals surface area (Å²) in [6, 6.07) is 3.55. The highest BCUT2D eigenvalue weighted by molar-refractivity contribution is 5.96. The monoisotopic (exact) mass is 380 g/mol. The van der Waals surface area contributed by atoms with Crippen molar-refractivity contribution < 1.29 is 24.0 Å². The predicted molar refractivity (Wildman–Crippen MR) is 97.9 cm³/mol. The van der Waals surface area contributed by atoms with Crippen molar-refractivity contribution in [1.82, 2.24) is 9.80 Å². The molecule has 1 N–H and O–H groups in total. The summed E-state index contributed by atoms with van der Waals surface area (Å²) in [7, 11) is 1.43. The molecule has 0 bridgehead atoms. The van der Waals surface area contributed by atoms with Gasteiger partial charge >= 0.3 is 6.09 Å². The smallest absolute Gasteiger partial charge is 0.409 e. The van der Waals surface area contributed by atoms with Gasteiger partial charge in [0.25, 0.3) is 5.69 Å². The molecule has 1 saturated heterocycles. The largest absolute Gasteiger partial charge is 0.495 e. The van der Waals surface area contributed by atoms with Crippen molar-refractivity contribution in [3.05, 3.63) is 28.3 Å². The number of anilines is 1. The van der Waals surface area contributed by atoms with E-state index in [0.29, 0.717) is 38.5 Å². The van der Waals surface area contributed by atoms with E-state index >= 15 is 0 Å². The highest BCUT2D eigenvalue weighted by atomic mass is 16.6. The Kier molecular flexibility index (Phi) is 6.94. The number of nitrogens with zero attached hydrogens (tertiary/aromatic N) is 3. The van der Waals surface area contributed by atoms with Crippen LogP contribution in [0.5, 0.6) is 5.75 Å². The van der Waals surface area contributed by atoms with Crippen LogP contribution in [0.2, 0.25) is 0 Å². The van der Waals surface area contributed by atoms with Crippen molar-refractivity contribution in [2.75, 3.05) is 45.2 Å². The lowest BCUT2D eigenvalue weighted by atomic mass is 10.2. The van der Waals surface area contributed by atoms with E-state index in [1.54, 1.807) is 18.7 Å². The van der Waals surface area contributed by atoms with Crippen molar-refractivity contribution in [3.8, 4) is 5.75 Å². The van der Waals surface area contributed by atoms with Gasteiger partial charge in [-0.3, -0.25) is 19.8 Å². The molecule has 148 valence electrons. The lowest BCUT2D eigenvalue weighted by Gasteiger charge is -2.36. The Bertz CT molecular complexity index is 703. The maximum absolute atomic E-state index is 12.6. The van der Waals surface area contributed by atoms with Crippen molar-refractivity contribution in [1.29, 1.82) is 0 Å². The Morgan fingerprint density at radius 2 is 1.96 bits per heavy atom. The molecule has 0 aromatic heterocycles. The second-order valence-corrected chi connectivity index (χ2v) is 6.03. The molecule has 27 heavy (non-hydrogen) atoms. The standard InChI is InChI=1S/C17H24N4O6/c1-4-27-17(23)20-9-7-19(8-10-20)12(2)16(22)18-14-11-13(21(24)25)5-6-15(14)26-3/h5-6,11-12H,4,7-10H2,1-3H3,(H,18,22)/t12-/m0/s1. The van der Waals surface area contributed by atoms with Crippen LogP contribution in [-0.4, -0.2) is 72.7 Å². The van der Waals surface area contributed by atoms with E-state index in [4.69, 9.17) is 9.47 Å². The molecule has 0 saturated carbocycles. The van der Waals surface area contributed by atoms with Gasteiger partial charge in [-0.1, -0.05) is 0 Å². The highest BCUT2D eigenvalue weighted by Crippen LogP contribution is 2.29. The van der Waals surface area contributed by atoms with Crippen LogP contribution in [0.25, 0.3) is 0 Å². The predicted octanol–water partition coefficient (Wildman–Crippen LogP) is 1.70. The van der Waals surface area contributed by atoms with Crippen molar-refractivity contribution in [3.63, 3.8) is 0 Å². The topological polar surface area (TPSA) is 114 Å². The van der Waals surface area contributed by atoms with Gasteiger partial charge in [0.15, 0.2) is 0 Å². The van der Waals surface area contributed by atoms with Crippen LogP contribution in [0, 0.1) is 10.1 Å². The molecule has 0 spiro atoms. The second-order valence-electron chi connectivity index (χ2n) is 6.03. The van der Waals surface area contributed by atoms with E-state index in [0.717, 1.165) is 0 Å². The number of piperazine rings is 1. The van der Waals surface area contributed by atoms with Gasteiger partial charge in [-0.25, -0.2) is 4.79 Å². The number of ether oxygens (including phenoxy) is 2. The molecule has 10 heteroatoms. The average molecular weight is 380 g/mol. The number of nitro groups is 1. The van der Waals surface area contributed by atoms with Crippen LogP contribution in [0.3, 0.4) is 0 Å². The van der Waals surface area contributed by atoms with Gasteiger partial charge < -0.3 is 19.7 Å². The van der Waals surface area contributed by atoms with E-state index in [9.17, 15) is 19.7 Å². The van der Waals surface area contributed by atoms with Crippen molar-refractivity contribution >= 4 is 23.4 Å². The molecule has 1 heterocycles. The van der Waals surface area contributed by atoms with E-state index in [1.165, 1.54) is 25.3 Å². The van der Waals surface area contributed by atoms with Gasteiger partial charge in [-0.05, 0) is 19.9 Å². The Morgan fingerprint density at radius 3 is 2.52 bits per heavy atom. The number of carbonyl (C=O) groups is 2. The Morgan fingerprint density at radius 1 is 1.30 bits per heavy atom. The highest BCUT2D eigenvalue weighted by Gasteiger charge is 2.28. The lowest BCUT2D eigenvalue weighted by Crippen LogP contribution is -2.54. The zero-order valence-electron chi connectivity index (χ0n) is 15.6. The van der Waals surface area contributed by atoms with Gasteiger partial charge in [0.1, 0.15) is 5.75 Å². The third kappa shape index (κ3) is 5.07. The molecular weight excluding hydrogens is 356 g/mol. The molecule has 2 rings (SSSR count). The Hall–Kier alpha value is -2.88. The number of carbonyl (C=O) groups excluding carboxylic acids is 2. The van der Waals surface area contributed by atoms with E-state index in [-0.39, 0.29) is 23.4 Å². The third-order valence-electron chi connectivity index (χ3n) is 4.42. The molecule has 1 aromatic carbocycles. The molecule has 1 aliphatic heterocycles. The summed E-state index contributed by atoms with van der Waals surface area (Å²) >= 11 is 0. The fourth-order valence-corrected chi connectivity index (χ4v) is 2.82. The van der Waals surface area contributed by atoms with Crippen LogP contribution in [0.4, 0.5) is 16.2 Å². The first-order chi connectivity index (χ1) is 12.9. The van der Waals surface area contributed by atoms with Gasteiger partial charge in [0.05, 0.1) is 30.4 Å². The first-order valence-electron chi connectivity index (χ1n) is 8.66. The molecule has 1 aromatic rings. The Balaban J connectivity index is 1.99. The summed E-state index contributed by atoms with van der Waals surface area (Å²) in [5.41, 5.74) is 0.107. The molecular formula is C17H24N4O6. The van der Waals surface area contributed by atoms with Gasteiger partial charge in [0.2, 0.25) is 5.91 Å². The van der Waals surface area contributed by atoms with E-state index in [2.05, 4.69) is 5.32 Å². The number of nitro benzene ring substituents is 1. The molecule has 1 fully saturated rings. The van der Waals surface area contributed by atoms with Crippen LogP contribution in [0.15, 0.2) is 18.2 Å². The average Bonchev–Trinajstić information content (AvgIpc) is 2.67. The SMILES string of the molecule is CCOC(=O)N1CCN([C@@H](C)C(=O)Nc2cc([N+](=O)[O-])ccc2OC)CC1. The maximum Gasteiger partial charge on any atom is 0.409 e. The van der Waals surface area contributed by atoms with Crippen LogP contribution >= 0.6 is 0 Å². The van der Waals surface area contributed by atoms with Gasteiger partial charge in [0, 0.05) is 38.3 Å². The normalized spacial score (nSPS) is 15.7. The number of non-ortho nitro benzene ring substituents is 1. The number of benzene rings is 1. The lowest BCUT2D eigenvalue weighted by molar-refractivity contribution is -0.384. The fraction of sp³-hybridized carbons (Fsp3) is 0.529. The molecule has 2 amide bonds.